The van der Waals surface area contributed by atoms with Crippen molar-refractivity contribution in [3.8, 4) is 0 Å². The molecule has 4 rings (SSSR count). The van der Waals surface area contributed by atoms with Crippen molar-refractivity contribution in [3.05, 3.63) is 83.1 Å². The number of benzene rings is 1. The van der Waals surface area contributed by atoms with Crippen LogP contribution < -0.4 is 5.69 Å². The van der Waals surface area contributed by atoms with Gasteiger partial charge in [-0.05, 0) is 25.1 Å². The Morgan fingerprint density at radius 1 is 1.25 bits per heavy atom. The lowest BCUT2D eigenvalue weighted by molar-refractivity contribution is -0.0390. The Hall–Kier alpha value is -3.40. The Bertz CT molecular complexity index is 1190. The summed E-state index contributed by atoms with van der Waals surface area (Å²) >= 11 is 0. The molecule has 28 heavy (non-hydrogen) atoms. The van der Waals surface area contributed by atoms with Gasteiger partial charge in [0.05, 0.1) is 24.3 Å². The Kier molecular flexibility index (Phi) is 4.27. The maximum atomic E-state index is 14.6. The summed E-state index contributed by atoms with van der Waals surface area (Å²) in [6.07, 6.45) is 5.65. The summed E-state index contributed by atoms with van der Waals surface area (Å²) in [5.41, 5.74) is -2.07. The average molecular weight is 386 g/mol. The molecule has 0 aliphatic carbocycles. The lowest BCUT2D eigenvalue weighted by atomic mass is 9.86. The van der Waals surface area contributed by atoms with Gasteiger partial charge < -0.3 is 5.11 Å². The number of aliphatic hydroxyl groups is 1. The highest BCUT2D eigenvalue weighted by molar-refractivity contribution is 5.43. The quantitative estimate of drug-likeness (QED) is 0.562. The molecule has 2 atom stereocenters. The lowest BCUT2D eigenvalue weighted by Crippen LogP contribution is -2.45. The molecule has 144 valence electrons. The molecule has 3 aromatic heterocycles. The molecule has 0 fully saturated rings. The van der Waals surface area contributed by atoms with Crippen LogP contribution in [0.5, 0.6) is 0 Å². The molecule has 3 heterocycles. The third kappa shape index (κ3) is 2.87. The largest absolute Gasteiger partial charge is 0.381 e. The SMILES string of the molecule is C[C@@H](n1ncc2cccn2c1=O)[C@](O)(Cn1cncn1)c1ccc(F)cc1F. The minimum Gasteiger partial charge on any atom is -0.381 e. The van der Waals surface area contributed by atoms with Crippen LogP contribution >= 0.6 is 0 Å². The average Bonchev–Trinajstić information content (AvgIpc) is 3.33. The Labute approximate surface area is 157 Å². The van der Waals surface area contributed by atoms with Crippen LogP contribution in [0.3, 0.4) is 0 Å². The van der Waals surface area contributed by atoms with Crippen LogP contribution in [0.1, 0.15) is 18.5 Å². The molecular formula is C18H16F2N6O2. The van der Waals surface area contributed by atoms with E-state index in [1.165, 1.54) is 34.9 Å². The summed E-state index contributed by atoms with van der Waals surface area (Å²) in [5, 5.41) is 19.6. The third-order valence-electron chi connectivity index (χ3n) is 4.82. The summed E-state index contributed by atoms with van der Waals surface area (Å²) in [6, 6.07) is 5.26. The van der Waals surface area contributed by atoms with Crippen LogP contribution in [0.4, 0.5) is 8.78 Å². The van der Waals surface area contributed by atoms with Crippen LogP contribution in [0.15, 0.2) is 60.2 Å². The molecule has 10 heteroatoms. The predicted molar refractivity (Wildman–Crippen MR) is 94.4 cm³/mol. The molecule has 8 nitrogen and oxygen atoms in total. The second-order valence-corrected chi connectivity index (χ2v) is 6.49. The van der Waals surface area contributed by atoms with Gasteiger partial charge in [0.15, 0.2) is 0 Å². The van der Waals surface area contributed by atoms with Crippen LogP contribution in [0.2, 0.25) is 0 Å². The van der Waals surface area contributed by atoms with Crippen LogP contribution in [-0.2, 0) is 12.1 Å². The number of hydrogen-bond donors (Lipinski definition) is 1. The summed E-state index contributed by atoms with van der Waals surface area (Å²) in [4.78, 5) is 16.6. The molecule has 0 aliphatic heterocycles. The number of hydrogen-bond acceptors (Lipinski definition) is 5. The van der Waals surface area contributed by atoms with Gasteiger partial charge in [0.25, 0.3) is 0 Å². The standard InChI is InChI=1S/C18H16F2N6O2/c1-12(26-17(27)25-6-2-3-14(25)8-22-26)18(28,9-24-11-21-10-23-24)15-5-4-13(19)7-16(15)20/h2-8,10-12,28H,9H2,1H3/t12-,18-/m1/s1. The van der Waals surface area contributed by atoms with Gasteiger partial charge in [-0.3, -0.25) is 4.40 Å². The fourth-order valence-corrected chi connectivity index (χ4v) is 3.27. The van der Waals surface area contributed by atoms with Gasteiger partial charge in [0.2, 0.25) is 0 Å². The first-order chi connectivity index (χ1) is 13.4. The maximum Gasteiger partial charge on any atom is 0.349 e. The molecule has 0 saturated heterocycles. The first kappa shape index (κ1) is 18.0. The monoisotopic (exact) mass is 386 g/mol. The second-order valence-electron chi connectivity index (χ2n) is 6.49. The molecule has 0 unspecified atom stereocenters. The minimum atomic E-state index is -1.97. The summed E-state index contributed by atoms with van der Waals surface area (Å²) in [5.74, 6) is -1.72. The molecule has 0 amide bonds. The highest BCUT2D eigenvalue weighted by Crippen LogP contribution is 2.35. The van der Waals surface area contributed by atoms with Crippen LogP contribution in [-0.4, -0.2) is 34.1 Å². The highest BCUT2D eigenvalue weighted by atomic mass is 19.1. The molecule has 4 aromatic rings. The topological polar surface area (TPSA) is 90.2 Å². The smallest absolute Gasteiger partial charge is 0.349 e. The van der Waals surface area contributed by atoms with E-state index in [9.17, 15) is 18.7 Å². The summed E-state index contributed by atoms with van der Waals surface area (Å²) in [7, 11) is 0. The van der Waals surface area contributed by atoms with Crippen molar-refractivity contribution in [3.63, 3.8) is 0 Å². The van der Waals surface area contributed by atoms with Gasteiger partial charge >= 0.3 is 5.69 Å². The Morgan fingerprint density at radius 3 is 2.79 bits per heavy atom. The van der Waals surface area contributed by atoms with E-state index in [0.29, 0.717) is 11.6 Å². The first-order valence-electron chi connectivity index (χ1n) is 8.45. The molecule has 1 N–H and O–H groups in total. The van der Waals surface area contributed by atoms with E-state index in [4.69, 9.17) is 0 Å². The van der Waals surface area contributed by atoms with Crippen LogP contribution in [0.25, 0.3) is 5.52 Å². The third-order valence-corrected chi connectivity index (χ3v) is 4.82. The van der Waals surface area contributed by atoms with Crippen molar-refractivity contribution in [1.82, 2.24) is 28.9 Å². The number of fused-ring (bicyclic) bond motifs is 1. The fourth-order valence-electron chi connectivity index (χ4n) is 3.27. The molecule has 0 spiro atoms. The number of nitrogens with zero attached hydrogens (tertiary/aromatic N) is 6. The van der Waals surface area contributed by atoms with Gasteiger partial charge in [0, 0.05) is 17.8 Å². The molecule has 0 saturated carbocycles. The number of halogens is 2. The normalized spacial score (nSPS) is 14.9. The molecule has 0 radical (unpaired) electrons. The fraction of sp³-hybridized carbons (Fsp3) is 0.222. The van der Waals surface area contributed by atoms with Crippen molar-refractivity contribution in [2.24, 2.45) is 0 Å². The van der Waals surface area contributed by atoms with E-state index in [1.54, 1.807) is 18.3 Å². The first-order valence-corrected chi connectivity index (χ1v) is 8.45. The van der Waals surface area contributed by atoms with E-state index in [-0.39, 0.29) is 12.1 Å². The molecule has 0 aliphatic rings. The highest BCUT2D eigenvalue weighted by Gasteiger charge is 2.41. The summed E-state index contributed by atoms with van der Waals surface area (Å²) in [6.45, 7) is 1.30. The Balaban J connectivity index is 1.88. The van der Waals surface area contributed by atoms with E-state index < -0.39 is 29.0 Å². The van der Waals surface area contributed by atoms with E-state index >= 15 is 0 Å². The molecule has 1 aromatic carbocycles. The lowest BCUT2D eigenvalue weighted by Gasteiger charge is -2.34. The van der Waals surface area contributed by atoms with Gasteiger partial charge in [0.1, 0.15) is 29.9 Å². The van der Waals surface area contributed by atoms with Crippen molar-refractivity contribution < 1.29 is 13.9 Å². The Morgan fingerprint density at radius 2 is 2.07 bits per heavy atom. The van der Waals surface area contributed by atoms with Gasteiger partial charge in [-0.25, -0.2) is 27.9 Å². The zero-order valence-corrected chi connectivity index (χ0v) is 14.8. The minimum absolute atomic E-state index is 0.182. The van der Waals surface area contributed by atoms with E-state index in [0.717, 1.165) is 16.8 Å². The van der Waals surface area contributed by atoms with Crippen LogP contribution in [0, 0.1) is 11.6 Å². The predicted octanol–water partition coefficient (Wildman–Crippen LogP) is 1.51. The summed E-state index contributed by atoms with van der Waals surface area (Å²) < 4.78 is 31.7. The van der Waals surface area contributed by atoms with E-state index in [2.05, 4.69) is 15.2 Å². The van der Waals surface area contributed by atoms with Gasteiger partial charge in [-0.1, -0.05) is 6.07 Å². The van der Waals surface area contributed by atoms with Crippen molar-refractivity contribution in [1.29, 1.82) is 0 Å². The number of rotatable bonds is 5. The van der Waals surface area contributed by atoms with Crippen molar-refractivity contribution in [2.45, 2.75) is 25.1 Å². The van der Waals surface area contributed by atoms with Gasteiger partial charge in [-0.2, -0.15) is 10.2 Å². The van der Waals surface area contributed by atoms with Crippen molar-refractivity contribution in [2.75, 3.05) is 0 Å². The molecular weight excluding hydrogens is 370 g/mol. The van der Waals surface area contributed by atoms with E-state index in [1.807, 2.05) is 0 Å². The maximum absolute atomic E-state index is 14.6. The van der Waals surface area contributed by atoms with Gasteiger partial charge in [-0.15, -0.1) is 0 Å². The zero-order chi connectivity index (χ0) is 19.9. The zero-order valence-electron chi connectivity index (χ0n) is 14.8. The second kappa shape index (κ2) is 6.64. The van der Waals surface area contributed by atoms with Crippen molar-refractivity contribution >= 4 is 5.52 Å². The number of aromatic nitrogens is 6. The molecule has 0 bridgehead atoms.